The van der Waals surface area contributed by atoms with E-state index < -0.39 is 0 Å². The van der Waals surface area contributed by atoms with Gasteiger partial charge in [0.25, 0.3) is 0 Å². The van der Waals surface area contributed by atoms with Gasteiger partial charge in [0.05, 0.1) is 5.92 Å². The lowest BCUT2D eigenvalue weighted by Crippen LogP contribution is -2.40. The highest BCUT2D eigenvalue weighted by Gasteiger charge is 2.23. The summed E-state index contributed by atoms with van der Waals surface area (Å²) in [7, 11) is 1.83. The molecule has 1 rings (SSSR count). The van der Waals surface area contributed by atoms with Crippen LogP contribution in [0.2, 0.25) is 0 Å². The molecule has 1 unspecified atom stereocenters. The second-order valence-corrected chi connectivity index (χ2v) is 4.92. The fourth-order valence-electron chi connectivity index (χ4n) is 1.88. The molecule has 0 aliphatic carbocycles. The van der Waals surface area contributed by atoms with Gasteiger partial charge in [-0.05, 0) is 18.1 Å². The lowest BCUT2D eigenvalue weighted by atomic mass is 9.94. The minimum absolute atomic E-state index is 0.0845. The molecule has 0 spiro atoms. The number of hydrogen-bond donors (Lipinski definition) is 1. The summed E-state index contributed by atoms with van der Waals surface area (Å²) >= 11 is 0. The molecule has 18 heavy (non-hydrogen) atoms. The third kappa shape index (κ3) is 4.11. The second kappa shape index (κ2) is 7.11. The fraction of sp³-hybridized carbons (Fsp3) is 0.571. The summed E-state index contributed by atoms with van der Waals surface area (Å²) in [5.74, 6) is 0.321. The Morgan fingerprint density at radius 2 is 2.17 bits per heavy atom. The van der Waals surface area contributed by atoms with E-state index in [0.29, 0.717) is 13.1 Å². The van der Waals surface area contributed by atoms with Crippen LogP contribution in [0, 0.1) is 11.8 Å². The van der Waals surface area contributed by atoms with E-state index in [9.17, 15) is 4.79 Å². The van der Waals surface area contributed by atoms with E-state index in [2.05, 4.69) is 4.98 Å². The molecule has 0 aliphatic rings. The first-order chi connectivity index (χ1) is 8.56. The summed E-state index contributed by atoms with van der Waals surface area (Å²) in [6, 6.07) is 5.82. The van der Waals surface area contributed by atoms with Gasteiger partial charge in [-0.25, -0.2) is 0 Å². The van der Waals surface area contributed by atoms with Gasteiger partial charge >= 0.3 is 0 Å². The summed E-state index contributed by atoms with van der Waals surface area (Å²) < 4.78 is 0. The van der Waals surface area contributed by atoms with Gasteiger partial charge in [0.1, 0.15) is 0 Å². The van der Waals surface area contributed by atoms with Crippen molar-refractivity contribution in [3.05, 3.63) is 30.1 Å². The van der Waals surface area contributed by atoms with Crippen molar-refractivity contribution >= 4 is 5.91 Å². The van der Waals surface area contributed by atoms with Crippen LogP contribution in [0.3, 0.4) is 0 Å². The minimum Gasteiger partial charge on any atom is -0.345 e. The predicted octanol–water partition coefficient (Wildman–Crippen LogP) is 1.31. The van der Waals surface area contributed by atoms with Crippen molar-refractivity contribution in [3.63, 3.8) is 0 Å². The second-order valence-electron chi connectivity index (χ2n) is 4.92. The molecule has 0 saturated carbocycles. The van der Waals surface area contributed by atoms with Crippen LogP contribution in [-0.2, 0) is 11.2 Å². The molecule has 2 N–H and O–H groups in total. The van der Waals surface area contributed by atoms with Gasteiger partial charge in [0.2, 0.25) is 5.91 Å². The zero-order chi connectivity index (χ0) is 13.5. The van der Waals surface area contributed by atoms with E-state index >= 15 is 0 Å². The van der Waals surface area contributed by atoms with E-state index in [0.717, 1.165) is 12.1 Å². The lowest BCUT2D eigenvalue weighted by Gasteiger charge is -2.25. The molecule has 1 heterocycles. The molecule has 0 fully saturated rings. The van der Waals surface area contributed by atoms with Crippen molar-refractivity contribution in [2.75, 3.05) is 20.1 Å². The van der Waals surface area contributed by atoms with Crippen molar-refractivity contribution in [1.82, 2.24) is 9.88 Å². The van der Waals surface area contributed by atoms with Crippen LogP contribution in [0.15, 0.2) is 24.4 Å². The van der Waals surface area contributed by atoms with Gasteiger partial charge in [-0.1, -0.05) is 19.9 Å². The number of rotatable bonds is 6. The zero-order valence-corrected chi connectivity index (χ0v) is 11.5. The molecule has 1 aromatic rings. The van der Waals surface area contributed by atoms with Gasteiger partial charge in [0, 0.05) is 38.4 Å². The number of carbonyl (C=O) groups is 1. The molecule has 4 nitrogen and oxygen atoms in total. The third-order valence-corrected chi connectivity index (χ3v) is 3.18. The molecule has 0 aromatic carbocycles. The highest BCUT2D eigenvalue weighted by molar-refractivity contribution is 5.79. The van der Waals surface area contributed by atoms with Crippen LogP contribution in [0.1, 0.15) is 19.5 Å². The lowest BCUT2D eigenvalue weighted by molar-refractivity contribution is -0.135. The Kier molecular flexibility index (Phi) is 5.78. The number of amides is 1. The van der Waals surface area contributed by atoms with Crippen LogP contribution >= 0.6 is 0 Å². The predicted molar refractivity (Wildman–Crippen MR) is 73.0 cm³/mol. The Balaban J connectivity index is 2.50. The van der Waals surface area contributed by atoms with Crippen LogP contribution in [0.25, 0.3) is 0 Å². The number of carbonyl (C=O) groups excluding carboxylic acids is 1. The minimum atomic E-state index is -0.0845. The van der Waals surface area contributed by atoms with Crippen molar-refractivity contribution in [2.45, 2.75) is 20.3 Å². The number of nitrogens with zero attached hydrogens (tertiary/aromatic N) is 2. The average Bonchev–Trinajstić information content (AvgIpc) is 2.37. The van der Waals surface area contributed by atoms with E-state index in [4.69, 9.17) is 5.73 Å². The Labute approximate surface area is 109 Å². The number of nitrogens with two attached hydrogens (primary N) is 1. The molecule has 0 aliphatic heterocycles. The fourth-order valence-corrected chi connectivity index (χ4v) is 1.88. The Hall–Kier alpha value is -1.42. The molecular formula is C14H23N3O. The first kappa shape index (κ1) is 14.6. The van der Waals surface area contributed by atoms with E-state index in [1.54, 1.807) is 11.1 Å². The molecule has 1 atom stereocenters. The summed E-state index contributed by atoms with van der Waals surface area (Å²) in [5.41, 5.74) is 6.67. The van der Waals surface area contributed by atoms with Crippen LogP contribution in [0.5, 0.6) is 0 Å². The van der Waals surface area contributed by atoms with Gasteiger partial charge in [-0.15, -0.1) is 0 Å². The molecule has 1 aromatic heterocycles. The maximum absolute atomic E-state index is 12.2. The van der Waals surface area contributed by atoms with E-state index in [-0.39, 0.29) is 17.7 Å². The number of hydrogen-bond acceptors (Lipinski definition) is 3. The topological polar surface area (TPSA) is 59.2 Å². The maximum Gasteiger partial charge on any atom is 0.226 e. The SMILES string of the molecule is CC(C)C(CN)C(=O)N(C)CCc1ccccn1. The van der Waals surface area contributed by atoms with Crippen LogP contribution in [-0.4, -0.2) is 35.9 Å². The van der Waals surface area contributed by atoms with E-state index in [1.807, 2.05) is 39.1 Å². The highest BCUT2D eigenvalue weighted by atomic mass is 16.2. The van der Waals surface area contributed by atoms with Crippen molar-refractivity contribution in [3.8, 4) is 0 Å². The Morgan fingerprint density at radius 1 is 1.44 bits per heavy atom. The number of aromatic nitrogens is 1. The monoisotopic (exact) mass is 249 g/mol. The summed E-state index contributed by atoms with van der Waals surface area (Å²) in [4.78, 5) is 18.2. The first-order valence-corrected chi connectivity index (χ1v) is 6.41. The molecule has 0 saturated heterocycles. The van der Waals surface area contributed by atoms with Gasteiger partial charge in [-0.3, -0.25) is 9.78 Å². The number of pyridine rings is 1. The average molecular weight is 249 g/mol. The largest absolute Gasteiger partial charge is 0.345 e. The van der Waals surface area contributed by atoms with Crippen LogP contribution < -0.4 is 5.73 Å². The zero-order valence-electron chi connectivity index (χ0n) is 11.5. The van der Waals surface area contributed by atoms with Gasteiger partial charge in [-0.2, -0.15) is 0 Å². The molecule has 0 radical (unpaired) electrons. The van der Waals surface area contributed by atoms with Crippen molar-refractivity contribution in [2.24, 2.45) is 17.6 Å². The molecule has 4 heteroatoms. The van der Waals surface area contributed by atoms with Crippen LogP contribution in [0.4, 0.5) is 0 Å². The highest BCUT2D eigenvalue weighted by Crippen LogP contribution is 2.12. The Morgan fingerprint density at radius 3 is 2.67 bits per heavy atom. The third-order valence-electron chi connectivity index (χ3n) is 3.18. The van der Waals surface area contributed by atoms with E-state index in [1.165, 1.54) is 0 Å². The summed E-state index contributed by atoms with van der Waals surface area (Å²) in [5, 5.41) is 0. The molecule has 0 bridgehead atoms. The normalized spacial score (nSPS) is 12.5. The molecule has 1 amide bonds. The summed E-state index contributed by atoms with van der Waals surface area (Å²) in [6.07, 6.45) is 2.55. The first-order valence-electron chi connectivity index (χ1n) is 6.41. The van der Waals surface area contributed by atoms with Gasteiger partial charge in [0.15, 0.2) is 0 Å². The quantitative estimate of drug-likeness (QED) is 0.827. The van der Waals surface area contributed by atoms with Gasteiger partial charge < -0.3 is 10.6 Å². The van der Waals surface area contributed by atoms with Crippen molar-refractivity contribution < 1.29 is 4.79 Å². The maximum atomic E-state index is 12.2. The molecule has 100 valence electrons. The standard InChI is InChI=1S/C14H23N3O/c1-11(2)13(10-15)14(18)17(3)9-7-12-6-4-5-8-16-12/h4-6,8,11,13H,7,9-10,15H2,1-3H3. The summed E-state index contributed by atoms with van der Waals surface area (Å²) in [6.45, 7) is 5.15. The smallest absolute Gasteiger partial charge is 0.226 e. The Bertz CT molecular complexity index is 365. The number of likely N-dealkylation sites (N-methyl/N-ethyl adjacent to an activating group) is 1. The molecular weight excluding hydrogens is 226 g/mol. The van der Waals surface area contributed by atoms with Crippen molar-refractivity contribution in [1.29, 1.82) is 0 Å².